The quantitative estimate of drug-likeness (QED) is 0.336. The van der Waals surface area contributed by atoms with Crippen molar-refractivity contribution in [3.63, 3.8) is 0 Å². The van der Waals surface area contributed by atoms with Crippen LogP contribution < -0.4 is 15.4 Å². The number of hydrogen-bond acceptors (Lipinski definition) is 3. The molecule has 1 aromatic carbocycles. The van der Waals surface area contributed by atoms with Crippen LogP contribution in [0.5, 0.6) is 5.88 Å². The Hall–Kier alpha value is -2.04. The van der Waals surface area contributed by atoms with Gasteiger partial charge in [-0.25, -0.2) is 4.98 Å². The van der Waals surface area contributed by atoms with E-state index in [-0.39, 0.29) is 42.3 Å². The number of guanidine groups is 1. The highest BCUT2D eigenvalue weighted by atomic mass is 127. The van der Waals surface area contributed by atoms with Crippen LogP contribution in [0.15, 0.2) is 53.7 Å². The molecule has 0 aliphatic rings. The molecular formula is C19H24F3IN4O. The fourth-order valence-electron chi connectivity index (χ4n) is 2.39. The minimum atomic E-state index is -4.41. The second-order valence-electron chi connectivity index (χ2n) is 5.99. The molecule has 1 heterocycles. The summed E-state index contributed by atoms with van der Waals surface area (Å²) in [6.45, 7) is 1.62. The molecule has 0 saturated carbocycles. The molecule has 0 aliphatic carbocycles. The Balaban J connectivity index is 0.00000392. The second-order valence-corrected chi connectivity index (χ2v) is 5.99. The highest BCUT2D eigenvalue weighted by Gasteiger charge is 2.29. The maximum absolute atomic E-state index is 12.4. The summed E-state index contributed by atoms with van der Waals surface area (Å²) in [7, 11) is 1.63. The predicted octanol–water partition coefficient (Wildman–Crippen LogP) is 4.11. The van der Waals surface area contributed by atoms with E-state index in [1.807, 2.05) is 18.2 Å². The summed E-state index contributed by atoms with van der Waals surface area (Å²) >= 11 is 0. The van der Waals surface area contributed by atoms with Crippen LogP contribution in [0.2, 0.25) is 0 Å². The molecule has 154 valence electrons. The summed E-state index contributed by atoms with van der Waals surface area (Å²) in [5.74, 6) is 0.771. The molecule has 1 aromatic heterocycles. The van der Waals surface area contributed by atoms with E-state index in [0.29, 0.717) is 18.1 Å². The number of halogens is 4. The van der Waals surface area contributed by atoms with Crippen molar-refractivity contribution in [3.8, 4) is 5.88 Å². The molecule has 9 heteroatoms. The second kappa shape index (κ2) is 11.7. The Bertz CT molecular complexity index is 741. The van der Waals surface area contributed by atoms with Crippen LogP contribution in [0.4, 0.5) is 13.2 Å². The molecule has 2 aromatic rings. The number of nitrogens with zero attached hydrogens (tertiary/aromatic N) is 2. The summed E-state index contributed by atoms with van der Waals surface area (Å²) in [6.07, 6.45) is -3.02. The summed E-state index contributed by atoms with van der Waals surface area (Å²) in [6, 6.07) is 13.4. The van der Waals surface area contributed by atoms with Crippen molar-refractivity contribution in [2.24, 2.45) is 4.99 Å². The maximum atomic E-state index is 12.4. The first-order valence-corrected chi connectivity index (χ1v) is 8.52. The van der Waals surface area contributed by atoms with Gasteiger partial charge >= 0.3 is 6.18 Å². The smallest absolute Gasteiger partial charge is 0.422 e. The van der Waals surface area contributed by atoms with Gasteiger partial charge in [-0.2, -0.15) is 13.2 Å². The highest BCUT2D eigenvalue weighted by Crippen LogP contribution is 2.19. The number of aromatic nitrogens is 1. The first-order valence-electron chi connectivity index (χ1n) is 8.52. The van der Waals surface area contributed by atoms with Crippen LogP contribution in [0.1, 0.15) is 24.0 Å². The van der Waals surface area contributed by atoms with E-state index < -0.39 is 12.8 Å². The Labute approximate surface area is 179 Å². The van der Waals surface area contributed by atoms with Crippen molar-refractivity contribution in [2.45, 2.75) is 25.6 Å². The predicted molar refractivity (Wildman–Crippen MR) is 114 cm³/mol. The van der Waals surface area contributed by atoms with Gasteiger partial charge in [0.25, 0.3) is 0 Å². The zero-order valence-corrected chi connectivity index (χ0v) is 18.0. The fraction of sp³-hybridized carbons (Fsp3) is 0.368. The zero-order valence-electron chi connectivity index (χ0n) is 15.7. The first-order chi connectivity index (χ1) is 12.9. The van der Waals surface area contributed by atoms with Gasteiger partial charge in [0.15, 0.2) is 12.6 Å². The largest absolute Gasteiger partial charge is 0.468 e. The van der Waals surface area contributed by atoms with Crippen molar-refractivity contribution in [2.75, 3.05) is 20.2 Å². The van der Waals surface area contributed by atoms with Gasteiger partial charge in [-0.1, -0.05) is 43.3 Å². The summed E-state index contributed by atoms with van der Waals surface area (Å²) in [4.78, 5) is 8.01. The minimum Gasteiger partial charge on any atom is -0.468 e. The molecule has 2 rings (SSSR count). The van der Waals surface area contributed by atoms with E-state index in [2.05, 4.69) is 39.7 Å². The molecule has 1 unspecified atom stereocenters. The molecule has 0 fully saturated rings. The number of pyridine rings is 1. The average molecular weight is 508 g/mol. The van der Waals surface area contributed by atoms with Gasteiger partial charge in [0.1, 0.15) is 0 Å². The van der Waals surface area contributed by atoms with Gasteiger partial charge in [0.05, 0.1) is 0 Å². The monoisotopic (exact) mass is 508 g/mol. The topological polar surface area (TPSA) is 58.5 Å². The van der Waals surface area contributed by atoms with Gasteiger partial charge in [-0.05, 0) is 17.5 Å². The third-order valence-corrected chi connectivity index (χ3v) is 3.84. The van der Waals surface area contributed by atoms with E-state index >= 15 is 0 Å². The number of alkyl halides is 3. The molecule has 0 bridgehead atoms. The molecule has 5 nitrogen and oxygen atoms in total. The Morgan fingerprint density at radius 1 is 1.14 bits per heavy atom. The van der Waals surface area contributed by atoms with Gasteiger partial charge in [0, 0.05) is 31.9 Å². The minimum absolute atomic E-state index is 0. The fourth-order valence-corrected chi connectivity index (χ4v) is 2.39. The average Bonchev–Trinajstić information content (AvgIpc) is 2.67. The first kappa shape index (κ1) is 24.0. The third-order valence-electron chi connectivity index (χ3n) is 3.84. The van der Waals surface area contributed by atoms with Crippen molar-refractivity contribution in [1.29, 1.82) is 0 Å². The molecule has 0 aliphatic heterocycles. The third kappa shape index (κ3) is 8.32. The van der Waals surface area contributed by atoms with Crippen LogP contribution in [-0.2, 0) is 6.54 Å². The summed E-state index contributed by atoms with van der Waals surface area (Å²) in [5, 5.41) is 6.28. The summed E-state index contributed by atoms with van der Waals surface area (Å²) in [5.41, 5.74) is 1.72. The van der Waals surface area contributed by atoms with Crippen LogP contribution in [0.3, 0.4) is 0 Å². The van der Waals surface area contributed by atoms with Crippen LogP contribution in [-0.4, -0.2) is 37.3 Å². The van der Waals surface area contributed by atoms with E-state index in [4.69, 9.17) is 4.74 Å². The lowest BCUT2D eigenvalue weighted by molar-refractivity contribution is -0.154. The Morgan fingerprint density at radius 3 is 2.50 bits per heavy atom. The van der Waals surface area contributed by atoms with Crippen LogP contribution in [0, 0.1) is 0 Å². The van der Waals surface area contributed by atoms with Gasteiger partial charge < -0.3 is 15.4 Å². The van der Waals surface area contributed by atoms with E-state index in [1.54, 1.807) is 19.2 Å². The molecule has 0 spiro atoms. The van der Waals surface area contributed by atoms with Gasteiger partial charge in [-0.3, -0.25) is 4.99 Å². The van der Waals surface area contributed by atoms with Crippen molar-refractivity contribution in [1.82, 2.24) is 15.6 Å². The number of nitrogens with one attached hydrogen (secondary N) is 2. The lowest BCUT2D eigenvalue weighted by Gasteiger charge is -2.17. The van der Waals surface area contributed by atoms with E-state index in [9.17, 15) is 13.2 Å². The lowest BCUT2D eigenvalue weighted by Crippen LogP contribution is -2.38. The molecule has 0 radical (unpaired) electrons. The number of aliphatic imine (C=N–C) groups is 1. The lowest BCUT2D eigenvalue weighted by atomic mass is 10.0. The summed E-state index contributed by atoms with van der Waals surface area (Å²) < 4.78 is 41.9. The normalized spacial score (nSPS) is 12.7. The molecule has 2 N–H and O–H groups in total. The standard InChI is InChI=1S/C19H23F3N4O.HI/c1-14(15-7-4-3-5-8-15)11-25-18(23-2)26-12-16-9-6-10-24-17(16)27-13-19(20,21)22;/h3-10,14H,11-13H2,1-2H3,(H2,23,25,26);1H. The Morgan fingerprint density at radius 2 is 1.86 bits per heavy atom. The number of benzene rings is 1. The Kier molecular flexibility index (Phi) is 10.0. The van der Waals surface area contributed by atoms with E-state index in [0.717, 1.165) is 0 Å². The highest BCUT2D eigenvalue weighted by molar-refractivity contribution is 14.0. The van der Waals surface area contributed by atoms with Gasteiger partial charge in [-0.15, -0.1) is 24.0 Å². The number of rotatable bonds is 7. The SMILES string of the molecule is CN=C(NCc1cccnc1OCC(F)(F)F)NCC(C)c1ccccc1.I. The molecular weight excluding hydrogens is 484 g/mol. The zero-order chi connectivity index (χ0) is 19.7. The van der Waals surface area contributed by atoms with Crippen LogP contribution in [0.25, 0.3) is 0 Å². The van der Waals surface area contributed by atoms with Crippen molar-refractivity contribution >= 4 is 29.9 Å². The van der Waals surface area contributed by atoms with Gasteiger partial charge in [0.2, 0.25) is 5.88 Å². The molecule has 28 heavy (non-hydrogen) atoms. The molecule has 0 saturated heterocycles. The molecule has 0 amide bonds. The van der Waals surface area contributed by atoms with Crippen LogP contribution >= 0.6 is 24.0 Å². The number of ether oxygens (including phenoxy) is 1. The van der Waals surface area contributed by atoms with E-state index in [1.165, 1.54) is 11.8 Å². The maximum Gasteiger partial charge on any atom is 0.422 e. The van der Waals surface area contributed by atoms with Crippen molar-refractivity contribution in [3.05, 3.63) is 59.8 Å². The van der Waals surface area contributed by atoms with Crippen molar-refractivity contribution < 1.29 is 17.9 Å². The number of hydrogen-bond donors (Lipinski definition) is 2. The molecule has 1 atom stereocenters.